The zero-order valence-corrected chi connectivity index (χ0v) is 15.8. The molecule has 0 saturated carbocycles. The second kappa shape index (κ2) is 8.36. The van der Waals surface area contributed by atoms with E-state index in [0.29, 0.717) is 31.2 Å². The summed E-state index contributed by atoms with van der Waals surface area (Å²) in [5, 5.41) is 2.29. The Labute approximate surface area is 163 Å². The van der Waals surface area contributed by atoms with E-state index in [1.165, 1.54) is 0 Å². The first kappa shape index (κ1) is 19.0. The zero-order chi connectivity index (χ0) is 19.5. The number of aromatic nitrogens is 1. The third-order valence-electron chi connectivity index (χ3n) is 5.76. The van der Waals surface area contributed by atoms with E-state index in [9.17, 15) is 14.4 Å². The fourth-order valence-electron chi connectivity index (χ4n) is 4.08. The molecule has 4 heterocycles. The Balaban J connectivity index is 1.30. The van der Waals surface area contributed by atoms with Crippen LogP contribution < -0.4 is 10.2 Å². The number of rotatable bonds is 5. The van der Waals surface area contributed by atoms with E-state index in [4.69, 9.17) is 9.47 Å². The number of nitrogens with one attached hydrogen (secondary N) is 1. The highest BCUT2D eigenvalue weighted by Gasteiger charge is 2.31. The summed E-state index contributed by atoms with van der Waals surface area (Å²) in [5.41, 5.74) is 1.35. The maximum absolute atomic E-state index is 12.4. The molecule has 4 rings (SSSR count). The molecule has 0 unspecified atom stereocenters. The zero-order valence-electron chi connectivity index (χ0n) is 15.8. The van der Waals surface area contributed by atoms with Gasteiger partial charge in [0, 0.05) is 37.8 Å². The molecular weight excluding hydrogens is 362 g/mol. The molecule has 0 aromatic carbocycles. The molecule has 3 saturated heterocycles. The number of hydrogen-bond acceptors (Lipinski definition) is 7. The molecule has 8 nitrogen and oxygen atoms in total. The van der Waals surface area contributed by atoms with Crippen LogP contribution in [0.1, 0.15) is 42.6 Å². The second-order valence-electron chi connectivity index (χ2n) is 7.61. The van der Waals surface area contributed by atoms with Gasteiger partial charge in [0.2, 0.25) is 11.8 Å². The lowest BCUT2D eigenvalue weighted by Crippen LogP contribution is -2.41. The molecule has 28 heavy (non-hydrogen) atoms. The molecule has 1 aromatic heterocycles. The van der Waals surface area contributed by atoms with Crippen LogP contribution in [0, 0.1) is 11.8 Å². The molecule has 1 N–H and O–H groups in total. The van der Waals surface area contributed by atoms with Crippen LogP contribution in [-0.4, -0.2) is 55.2 Å². The van der Waals surface area contributed by atoms with Crippen molar-refractivity contribution in [3.63, 3.8) is 0 Å². The molecule has 150 valence electrons. The van der Waals surface area contributed by atoms with Crippen LogP contribution in [-0.2, 0) is 19.1 Å². The summed E-state index contributed by atoms with van der Waals surface area (Å²) in [5.74, 6) is -0.826. The predicted octanol–water partition coefficient (Wildman–Crippen LogP) is 1.30. The van der Waals surface area contributed by atoms with Crippen LogP contribution in [0.15, 0.2) is 18.3 Å². The first-order valence-corrected chi connectivity index (χ1v) is 9.91. The molecule has 1 atom stereocenters. The minimum Gasteiger partial charge on any atom is -0.370 e. The van der Waals surface area contributed by atoms with Crippen molar-refractivity contribution in [3.05, 3.63) is 24.0 Å². The van der Waals surface area contributed by atoms with Gasteiger partial charge in [-0.05, 0) is 31.4 Å². The predicted molar refractivity (Wildman–Crippen MR) is 99.7 cm³/mol. The third kappa shape index (κ3) is 4.23. The number of pyridine rings is 1. The lowest BCUT2D eigenvalue weighted by atomic mass is 9.92. The second-order valence-corrected chi connectivity index (χ2v) is 7.61. The van der Waals surface area contributed by atoms with Crippen molar-refractivity contribution >= 4 is 23.3 Å². The largest absolute Gasteiger partial charge is 0.370 e. The quantitative estimate of drug-likeness (QED) is 0.601. The molecular formula is C20H25N3O5. The van der Waals surface area contributed by atoms with E-state index in [1.807, 2.05) is 6.07 Å². The average Bonchev–Trinajstić information content (AvgIpc) is 3.25. The number of nitrogens with zero attached hydrogens (tertiary/aromatic N) is 2. The van der Waals surface area contributed by atoms with Crippen LogP contribution in [0.4, 0.5) is 5.69 Å². The number of Topliss-reactive ketones (excluding diaryl/α,β-unsaturated/α-hetero) is 1. The summed E-state index contributed by atoms with van der Waals surface area (Å²) in [6.07, 6.45) is 4.44. The normalized spacial score (nSPS) is 24.4. The van der Waals surface area contributed by atoms with Crippen LogP contribution in [0.2, 0.25) is 0 Å². The average molecular weight is 387 g/mol. The number of amides is 2. The van der Waals surface area contributed by atoms with Gasteiger partial charge in [0.05, 0.1) is 25.1 Å². The number of carbonyl (C=O) groups excluding carboxylic acids is 3. The summed E-state index contributed by atoms with van der Waals surface area (Å²) < 4.78 is 11.2. The molecule has 8 heteroatoms. The first-order valence-electron chi connectivity index (χ1n) is 9.91. The van der Waals surface area contributed by atoms with E-state index < -0.39 is 5.92 Å². The molecule has 2 amide bonds. The Morgan fingerprint density at radius 2 is 1.89 bits per heavy atom. The Kier molecular flexibility index (Phi) is 5.68. The van der Waals surface area contributed by atoms with Gasteiger partial charge in [-0.15, -0.1) is 0 Å². The van der Waals surface area contributed by atoms with Crippen molar-refractivity contribution in [2.24, 2.45) is 11.8 Å². The summed E-state index contributed by atoms with van der Waals surface area (Å²) in [4.78, 5) is 42.1. The fraction of sp³-hybridized carbons (Fsp3) is 0.600. The summed E-state index contributed by atoms with van der Waals surface area (Å²) in [6, 6.07) is 3.63. The molecule has 0 spiro atoms. The number of imide groups is 1. The third-order valence-corrected chi connectivity index (χ3v) is 5.76. The smallest absolute Gasteiger partial charge is 0.230 e. The molecule has 0 bridgehead atoms. The van der Waals surface area contributed by atoms with Crippen LogP contribution in [0.25, 0.3) is 0 Å². The molecule has 3 fully saturated rings. The van der Waals surface area contributed by atoms with Gasteiger partial charge in [-0.2, -0.15) is 0 Å². The summed E-state index contributed by atoms with van der Waals surface area (Å²) in [6.45, 7) is 3.17. The van der Waals surface area contributed by atoms with E-state index in [0.717, 1.165) is 31.6 Å². The molecule has 3 aliphatic rings. The lowest BCUT2D eigenvalue weighted by Gasteiger charge is -2.35. The van der Waals surface area contributed by atoms with Gasteiger partial charge < -0.3 is 14.4 Å². The lowest BCUT2D eigenvalue weighted by molar-refractivity contribution is -0.136. The van der Waals surface area contributed by atoms with Crippen molar-refractivity contribution in [3.8, 4) is 0 Å². The van der Waals surface area contributed by atoms with Gasteiger partial charge in [0.15, 0.2) is 12.1 Å². The van der Waals surface area contributed by atoms with Crippen molar-refractivity contribution in [2.75, 3.05) is 31.2 Å². The van der Waals surface area contributed by atoms with Gasteiger partial charge in [-0.25, -0.2) is 0 Å². The van der Waals surface area contributed by atoms with Gasteiger partial charge in [-0.1, -0.05) is 0 Å². The maximum atomic E-state index is 12.4. The van der Waals surface area contributed by atoms with E-state index in [1.54, 1.807) is 12.3 Å². The van der Waals surface area contributed by atoms with Crippen molar-refractivity contribution < 1.29 is 23.9 Å². The summed E-state index contributed by atoms with van der Waals surface area (Å²) in [7, 11) is 0. The molecule has 0 radical (unpaired) electrons. The number of ketones is 1. The highest BCUT2D eigenvalue weighted by molar-refractivity contribution is 6.02. The monoisotopic (exact) mass is 387 g/mol. The molecule has 0 aliphatic carbocycles. The van der Waals surface area contributed by atoms with Crippen molar-refractivity contribution in [1.29, 1.82) is 0 Å². The van der Waals surface area contributed by atoms with Crippen molar-refractivity contribution in [2.45, 2.75) is 38.4 Å². The number of carbonyl (C=O) groups is 3. The van der Waals surface area contributed by atoms with E-state index in [-0.39, 0.29) is 36.7 Å². The topological polar surface area (TPSA) is 97.8 Å². The highest BCUT2D eigenvalue weighted by atomic mass is 16.7. The Morgan fingerprint density at radius 3 is 2.54 bits per heavy atom. The Bertz CT molecular complexity index is 737. The standard InChI is InChI=1S/C20H25N3O5/c24-17(11-14-1-4-18(25)22-19(14)26)16-3-2-15(12-21-16)23-7-5-13(6-8-23)20-27-9-10-28-20/h2-3,12-14,20H,1,4-11H2,(H,22,25,26)/t14-/m0/s1. The van der Waals surface area contributed by atoms with Crippen LogP contribution in [0.3, 0.4) is 0 Å². The molecule has 3 aliphatic heterocycles. The highest BCUT2D eigenvalue weighted by Crippen LogP contribution is 2.28. The number of hydrogen-bond donors (Lipinski definition) is 1. The summed E-state index contributed by atoms with van der Waals surface area (Å²) >= 11 is 0. The molecule has 1 aromatic rings. The Morgan fingerprint density at radius 1 is 1.14 bits per heavy atom. The van der Waals surface area contributed by atoms with E-state index in [2.05, 4.69) is 15.2 Å². The number of piperidine rings is 2. The number of ether oxygens (including phenoxy) is 2. The number of anilines is 1. The Hall–Kier alpha value is -2.32. The van der Waals surface area contributed by atoms with Crippen molar-refractivity contribution in [1.82, 2.24) is 10.3 Å². The van der Waals surface area contributed by atoms with Gasteiger partial charge >= 0.3 is 0 Å². The van der Waals surface area contributed by atoms with Gasteiger partial charge in [0.25, 0.3) is 0 Å². The van der Waals surface area contributed by atoms with Crippen LogP contribution >= 0.6 is 0 Å². The van der Waals surface area contributed by atoms with E-state index >= 15 is 0 Å². The van der Waals surface area contributed by atoms with Gasteiger partial charge in [-0.3, -0.25) is 24.7 Å². The minimum atomic E-state index is -0.453. The fourth-order valence-corrected chi connectivity index (χ4v) is 4.08. The maximum Gasteiger partial charge on any atom is 0.230 e. The SMILES string of the molecule is O=C1CC[C@@H](CC(=O)c2ccc(N3CCC(C4OCCO4)CC3)cn2)C(=O)N1. The van der Waals surface area contributed by atoms with Gasteiger partial charge in [0.1, 0.15) is 5.69 Å². The minimum absolute atomic E-state index is 0.0625. The first-order chi connectivity index (χ1) is 13.6. The van der Waals surface area contributed by atoms with Crippen LogP contribution in [0.5, 0.6) is 0 Å².